The summed E-state index contributed by atoms with van der Waals surface area (Å²) < 4.78 is 41.3. The molecule has 9 heteroatoms. The van der Waals surface area contributed by atoms with E-state index in [0.717, 1.165) is 12.8 Å². The Kier molecular flexibility index (Phi) is 7.17. The number of guanidine groups is 1. The van der Waals surface area contributed by atoms with Gasteiger partial charge in [0.15, 0.2) is 12.6 Å². The van der Waals surface area contributed by atoms with E-state index in [1.165, 1.54) is 6.20 Å². The monoisotopic (exact) mass is 430 g/mol. The third-order valence-corrected chi connectivity index (χ3v) is 2.81. The van der Waals surface area contributed by atoms with Crippen molar-refractivity contribution >= 4 is 29.9 Å². The molecule has 0 radical (unpaired) electrons. The van der Waals surface area contributed by atoms with E-state index >= 15 is 0 Å². The third-order valence-electron chi connectivity index (χ3n) is 2.81. The van der Waals surface area contributed by atoms with Crippen LogP contribution in [-0.4, -0.2) is 36.8 Å². The summed E-state index contributed by atoms with van der Waals surface area (Å²) in [4.78, 5) is 7.89. The van der Waals surface area contributed by atoms with Crippen LogP contribution in [0.5, 0.6) is 5.88 Å². The lowest BCUT2D eigenvalue weighted by Crippen LogP contribution is -2.38. The van der Waals surface area contributed by atoms with Crippen LogP contribution in [0, 0.1) is 0 Å². The van der Waals surface area contributed by atoms with Crippen molar-refractivity contribution in [3.63, 3.8) is 0 Å². The predicted molar refractivity (Wildman–Crippen MR) is 87.6 cm³/mol. The van der Waals surface area contributed by atoms with E-state index in [4.69, 9.17) is 4.74 Å². The first-order valence-corrected chi connectivity index (χ1v) is 6.58. The van der Waals surface area contributed by atoms with Gasteiger partial charge in [0.25, 0.3) is 0 Å². The summed E-state index contributed by atoms with van der Waals surface area (Å²) in [5, 5.41) is 6.22. The van der Waals surface area contributed by atoms with Gasteiger partial charge in [-0.2, -0.15) is 13.2 Å². The maximum atomic E-state index is 12.2. The summed E-state index contributed by atoms with van der Waals surface area (Å²) in [5.74, 6) is 0.590. The lowest BCUT2D eigenvalue weighted by molar-refractivity contribution is -0.154. The molecule has 0 saturated heterocycles. The number of nitrogens with one attached hydrogen (secondary N) is 2. The Hall–Kier alpha value is -1.26. The van der Waals surface area contributed by atoms with E-state index in [9.17, 15) is 13.2 Å². The quantitative estimate of drug-likeness (QED) is 0.428. The Morgan fingerprint density at radius 1 is 1.45 bits per heavy atom. The van der Waals surface area contributed by atoms with Crippen LogP contribution in [0.1, 0.15) is 18.4 Å². The topological polar surface area (TPSA) is 58.5 Å². The van der Waals surface area contributed by atoms with Gasteiger partial charge in [0, 0.05) is 31.4 Å². The Balaban J connectivity index is 0.00000242. The number of pyridine rings is 1. The van der Waals surface area contributed by atoms with Gasteiger partial charge < -0.3 is 15.4 Å². The highest BCUT2D eigenvalue weighted by atomic mass is 127. The normalized spacial score (nSPS) is 15.0. The van der Waals surface area contributed by atoms with Gasteiger partial charge in [-0.05, 0) is 18.9 Å². The second kappa shape index (κ2) is 8.39. The fourth-order valence-electron chi connectivity index (χ4n) is 1.63. The van der Waals surface area contributed by atoms with Gasteiger partial charge in [-0.1, -0.05) is 6.07 Å². The maximum Gasteiger partial charge on any atom is 0.422 e. The van der Waals surface area contributed by atoms with Gasteiger partial charge in [0.05, 0.1) is 0 Å². The molecule has 2 rings (SSSR count). The standard InChI is InChI=1S/C13H17F3N4O.HI/c1-17-12(20-10-4-5-10)19-7-9-3-2-6-18-11(9)21-8-13(14,15)16;/h2-3,6,10H,4-5,7-8H2,1H3,(H2,17,19,20);1H. The zero-order valence-corrected chi connectivity index (χ0v) is 14.3. The van der Waals surface area contributed by atoms with Crippen LogP contribution in [0.25, 0.3) is 0 Å². The highest BCUT2D eigenvalue weighted by Crippen LogP contribution is 2.20. The van der Waals surface area contributed by atoms with Crippen LogP contribution in [0.2, 0.25) is 0 Å². The molecule has 1 aromatic rings. The average Bonchev–Trinajstić information content (AvgIpc) is 3.25. The fraction of sp³-hybridized carbons (Fsp3) is 0.538. The molecule has 0 bridgehead atoms. The molecule has 0 aromatic carbocycles. The molecule has 0 unspecified atom stereocenters. The first kappa shape index (κ1) is 18.8. The summed E-state index contributed by atoms with van der Waals surface area (Å²) >= 11 is 0. The Labute approximate surface area is 143 Å². The van der Waals surface area contributed by atoms with Gasteiger partial charge in [-0.3, -0.25) is 4.99 Å². The van der Waals surface area contributed by atoms with Crippen molar-refractivity contribution in [2.75, 3.05) is 13.7 Å². The summed E-state index contributed by atoms with van der Waals surface area (Å²) in [6, 6.07) is 3.75. The van der Waals surface area contributed by atoms with Crippen molar-refractivity contribution in [1.82, 2.24) is 15.6 Å². The van der Waals surface area contributed by atoms with Gasteiger partial charge in [-0.25, -0.2) is 4.98 Å². The van der Waals surface area contributed by atoms with Gasteiger partial charge in [0.2, 0.25) is 5.88 Å². The molecule has 1 fully saturated rings. The molecule has 1 saturated carbocycles. The fourth-order valence-corrected chi connectivity index (χ4v) is 1.63. The highest BCUT2D eigenvalue weighted by molar-refractivity contribution is 14.0. The van der Waals surface area contributed by atoms with Crippen LogP contribution >= 0.6 is 24.0 Å². The van der Waals surface area contributed by atoms with Crippen LogP contribution in [-0.2, 0) is 6.54 Å². The SMILES string of the molecule is CN=C(NCc1cccnc1OCC(F)(F)F)NC1CC1.I. The van der Waals surface area contributed by atoms with E-state index < -0.39 is 12.8 Å². The van der Waals surface area contributed by atoms with Crippen molar-refractivity contribution in [2.45, 2.75) is 31.6 Å². The molecule has 1 aliphatic carbocycles. The van der Waals surface area contributed by atoms with Crippen molar-refractivity contribution in [3.8, 4) is 5.88 Å². The summed E-state index contributed by atoms with van der Waals surface area (Å²) in [6.45, 7) is -1.07. The Bertz CT molecular complexity index is 506. The number of aliphatic imine (C=N–C) groups is 1. The van der Waals surface area contributed by atoms with E-state index in [0.29, 0.717) is 17.6 Å². The van der Waals surface area contributed by atoms with Gasteiger partial charge in [-0.15, -0.1) is 24.0 Å². The largest absolute Gasteiger partial charge is 0.468 e. The zero-order valence-electron chi connectivity index (χ0n) is 12.0. The van der Waals surface area contributed by atoms with E-state index in [2.05, 4.69) is 20.6 Å². The smallest absolute Gasteiger partial charge is 0.422 e. The predicted octanol–water partition coefficient (Wildman–Crippen LogP) is 2.47. The molecule has 2 N–H and O–H groups in total. The van der Waals surface area contributed by atoms with Crippen molar-refractivity contribution < 1.29 is 17.9 Å². The van der Waals surface area contributed by atoms with Crippen molar-refractivity contribution in [1.29, 1.82) is 0 Å². The van der Waals surface area contributed by atoms with Crippen LogP contribution < -0.4 is 15.4 Å². The van der Waals surface area contributed by atoms with Crippen molar-refractivity contribution in [2.24, 2.45) is 4.99 Å². The van der Waals surface area contributed by atoms with Crippen LogP contribution in [0.4, 0.5) is 13.2 Å². The zero-order chi connectivity index (χ0) is 15.3. The number of aromatic nitrogens is 1. The molecule has 124 valence electrons. The van der Waals surface area contributed by atoms with E-state index in [1.54, 1.807) is 19.2 Å². The maximum absolute atomic E-state index is 12.2. The van der Waals surface area contributed by atoms with Gasteiger partial charge >= 0.3 is 6.18 Å². The van der Waals surface area contributed by atoms with Crippen molar-refractivity contribution in [3.05, 3.63) is 23.9 Å². The molecular weight excluding hydrogens is 412 g/mol. The number of rotatable bonds is 5. The number of halogens is 4. The first-order valence-electron chi connectivity index (χ1n) is 6.58. The molecule has 1 aromatic heterocycles. The number of hydrogen-bond acceptors (Lipinski definition) is 3. The minimum atomic E-state index is -4.38. The second-order valence-corrected chi connectivity index (χ2v) is 4.72. The molecule has 0 spiro atoms. The molecular formula is C13H18F3IN4O. The lowest BCUT2D eigenvalue weighted by atomic mass is 10.2. The minimum absolute atomic E-state index is 0. The Morgan fingerprint density at radius 3 is 2.77 bits per heavy atom. The highest BCUT2D eigenvalue weighted by Gasteiger charge is 2.29. The second-order valence-electron chi connectivity index (χ2n) is 4.72. The van der Waals surface area contributed by atoms with E-state index in [1.807, 2.05) is 0 Å². The molecule has 0 atom stereocenters. The average molecular weight is 430 g/mol. The number of nitrogens with zero attached hydrogens (tertiary/aromatic N) is 2. The summed E-state index contributed by atoms with van der Waals surface area (Å²) in [5.41, 5.74) is 0.542. The first-order chi connectivity index (χ1) is 9.98. The summed E-state index contributed by atoms with van der Waals surface area (Å²) in [6.07, 6.45) is -0.778. The Morgan fingerprint density at radius 2 is 2.18 bits per heavy atom. The molecule has 0 aliphatic heterocycles. The molecule has 22 heavy (non-hydrogen) atoms. The molecule has 0 amide bonds. The molecule has 1 heterocycles. The van der Waals surface area contributed by atoms with E-state index in [-0.39, 0.29) is 36.4 Å². The lowest BCUT2D eigenvalue weighted by Gasteiger charge is -2.14. The minimum Gasteiger partial charge on any atom is -0.468 e. The van der Waals surface area contributed by atoms with Gasteiger partial charge in [0.1, 0.15) is 0 Å². The number of ether oxygens (including phenoxy) is 1. The number of hydrogen-bond donors (Lipinski definition) is 2. The molecule has 5 nitrogen and oxygen atoms in total. The molecule has 1 aliphatic rings. The van der Waals surface area contributed by atoms with Crippen LogP contribution in [0.3, 0.4) is 0 Å². The number of alkyl halides is 3. The van der Waals surface area contributed by atoms with Crippen LogP contribution in [0.15, 0.2) is 23.3 Å². The summed E-state index contributed by atoms with van der Waals surface area (Å²) in [7, 11) is 1.64. The third kappa shape index (κ3) is 6.67.